The molecule has 8 heteroatoms. The Balaban J connectivity index is 2.50. The van der Waals surface area contributed by atoms with E-state index in [2.05, 4.69) is 10.3 Å². The zero-order valence-corrected chi connectivity index (χ0v) is 8.78. The van der Waals surface area contributed by atoms with Gasteiger partial charge in [-0.15, -0.1) is 0 Å². The molecule has 1 atom stereocenters. The Hall–Kier alpha value is -2.12. The molecule has 2 N–H and O–H groups in total. The zero-order chi connectivity index (χ0) is 13.5. The lowest BCUT2D eigenvalue weighted by Crippen LogP contribution is -2.39. The molecule has 1 amide bonds. The van der Waals surface area contributed by atoms with Crippen LogP contribution in [0.4, 0.5) is 13.2 Å². The summed E-state index contributed by atoms with van der Waals surface area (Å²) in [7, 11) is 0. The van der Waals surface area contributed by atoms with Crippen molar-refractivity contribution in [1.82, 2.24) is 10.3 Å². The predicted octanol–water partition coefficient (Wildman–Crippen LogP) is 0.898. The van der Waals surface area contributed by atoms with E-state index in [9.17, 15) is 22.8 Å². The van der Waals surface area contributed by atoms with Gasteiger partial charge in [0.25, 0.3) is 0 Å². The average Bonchev–Trinajstić information content (AvgIpc) is 2.26. The molecular weight excluding hydrogens is 253 g/mol. The zero-order valence-electron chi connectivity index (χ0n) is 8.78. The molecule has 96 valence electrons. The van der Waals surface area contributed by atoms with E-state index in [1.165, 1.54) is 0 Å². The number of carboxylic acids is 1. The van der Waals surface area contributed by atoms with Gasteiger partial charge in [-0.05, 0) is 11.6 Å². The molecule has 0 fully saturated rings. The summed E-state index contributed by atoms with van der Waals surface area (Å²) in [5.74, 6) is -3.78. The number of alkyl halides is 3. The van der Waals surface area contributed by atoms with E-state index in [1.54, 1.807) is 0 Å². The van der Waals surface area contributed by atoms with E-state index in [-0.39, 0.29) is 17.8 Å². The highest BCUT2D eigenvalue weighted by molar-refractivity contribution is 6.03. The topological polar surface area (TPSA) is 79.3 Å². The number of hydrogen-bond acceptors (Lipinski definition) is 3. The number of nitrogens with one attached hydrogen (secondary N) is 1. The first kappa shape index (κ1) is 12.3. The van der Waals surface area contributed by atoms with Crippen LogP contribution < -0.4 is 5.32 Å². The predicted molar refractivity (Wildman–Crippen MR) is 51.5 cm³/mol. The van der Waals surface area contributed by atoms with Crippen LogP contribution in [-0.4, -0.2) is 22.0 Å². The Morgan fingerprint density at radius 2 is 2.17 bits per heavy atom. The number of halogens is 3. The minimum absolute atomic E-state index is 0.0665. The molecule has 1 aromatic heterocycles. The molecule has 5 nitrogen and oxygen atoms in total. The SMILES string of the molecule is O=C(O)C1C(=O)NCc2cc(C(F)(F)F)cnc21. The number of carbonyl (C=O) groups is 2. The molecule has 18 heavy (non-hydrogen) atoms. The van der Waals surface area contributed by atoms with Crippen LogP contribution in [0.25, 0.3) is 0 Å². The summed E-state index contributed by atoms with van der Waals surface area (Å²) in [6.45, 7) is -0.158. The number of pyridine rings is 1. The molecule has 0 radical (unpaired) electrons. The molecule has 2 rings (SSSR count). The number of nitrogens with zero attached hydrogens (tertiary/aromatic N) is 1. The van der Waals surface area contributed by atoms with Crippen LogP contribution in [0, 0.1) is 0 Å². The van der Waals surface area contributed by atoms with Gasteiger partial charge in [0.1, 0.15) is 0 Å². The third-order valence-electron chi connectivity index (χ3n) is 2.56. The number of fused-ring (bicyclic) bond motifs is 1. The summed E-state index contributed by atoms with van der Waals surface area (Å²) in [5.41, 5.74) is -1.04. The molecule has 1 aliphatic rings. The third kappa shape index (κ3) is 2.01. The number of carbonyl (C=O) groups excluding carboxylic acids is 1. The summed E-state index contributed by atoms with van der Waals surface area (Å²) >= 11 is 0. The summed E-state index contributed by atoms with van der Waals surface area (Å²) in [6, 6.07) is 0.803. The van der Waals surface area contributed by atoms with Gasteiger partial charge in [0.2, 0.25) is 5.91 Å². The summed E-state index contributed by atoms with van der Waals surface area (Å²) in [4.78, 5) is 25.7. The molecule has 0 aliphatic carbocycles. The van der Waals surface area contributed by atoms with Gasteiger partial charge >= 0.3 is 12.1 Å². The lowest BCUT2D eigenvalue weighted by molar-refractivity contribution is -0.143. The fraction of sp³-hybridized carbons (Fsp3) is 0.300. The largest absolute Gasteiger partial charge is 0.480 e. The van der Waals surface area contributed by atoms with Gasteiger partial charge in [-0.3, -0.25) is 14.6 Å². The minimum Gasteiger partial charge on any atom is -0.480 e. The second kappa shape index (κ2) is 3.97. The fourth-order valence-corrected chi connectivity index (χ4v) is 1.72. The average molecular weight is 260 g/mol. The molecular formula is C10H7F3N2O3. The molecule has 1 unspecified atom stereocenters. The van der Waals surface area contributed by atoms with Crippen molar-refractivity contribution in [2.75, 3.05) is 0 Å². The first-order valence-electron chi connectivity index (χ1n) is 4.87. The second-order valence-electron chi connectivity index (χ2n) is 3.76. The number of aromatic nitrogens is 1. The molecule has 1 aliphatic heterocycles. The Bertz CT molecular complexity index is 528. The van der Waals surface area contributed by atoms with Gasteiger partial charge in [0, 0.05) is 12.7 Å². The summed E-state index contributed by atoms with van der Waals surface area (Å²) < 4.78 is 37.3. The Morgan fingerprint density at radius 3 is 2.72 bits per heavy atom. The Morgan fingerprint density at radius 1 is 1.50 bits per heavy atom. The highest BCUT2D eigenvalue weighted by Crippen LogP contribution is 2.32. The van der Waals surface area contributed by atoms with Gasteiger partial charge in [-0.2, -0.15) is 13.2 Å². The quantitative estimate of drug-likeness (QED) is 0.735. The van der Waals surface area contributed by atoms with Gasteiger partial charge in [0.15, 0.2) is 5.92 Å². The van der Waals surface area contributed by atoms with Gasteiger partial charge < -0.3 is 10.4 Å². The molecule has 0 aromatic carbocycles. The summed E-state index contributed by atoms with van der Waals surface area (Å²) in [5, 5.41) is 11.1. The number of aliphatic carboxylic acids is 1. The monoisotopic (exact) mass is 260 g/mol. The second-order valence-corrected chi connectivity index (χ2v) is 3.76. The van der Waals surface area contributed by atoms with E-state index >= 15 is 0 Å². The van der Waals surface area contributed by atoms with Crippen LogP contribution in [0.15, 0.2) is 12.3 Å². The van der Waals surface area contributed by atoms with Crippen molar-refractivity contribution in [1.29, 1.82) is 0 Å². The number of amides is 1. The van der Waals surface area contributed by atoms with E-state index in [0.717, 1.165) is 6.07 Å². The Labute approximate surface area is 98.6 Å². The van der Waals surface area contributed by atoms with Crippen molar-refractivity contribution in [2.45, 2.75) is 18.6 Å². The molecule has 0 saturated heterocycles. The van der Waals surface area contributed by atoms with Crippen molar-refractivity contribution < 1.29 is 27.9 Å². The molecule has 0 saturated carbocycles. The van der Waals surface area contributed by atoms with Crippen molar-refractivity contribution in [3.8, 4) is 0 Å². The third-order valence-corrected chi connectivity index (χ3v) is 2.56. The molecule has 0 bridgehead atoms. The number of hydrogen-bond donors (Lipinski definition) is 2. The highest BCUT2D eigenvalue weighted by atomic mass is 19.4. The van der Waals surface area contributed by atoms with Crippen molar-refractivity contribution in [2.24, 2.45) is 0 Å². The van der Waals surface area contributed by atoms with Crippen LogP contribution in [0.5, 0.6) is 0 Å². The van der Waals surface area contributed by atoms with Crippen LogP contribution in [0.1, 0.15) is 22.7 Å². The van der Waals surface area contributed by atoms with Crippen LogP contribution in [0.3, 0.4) is 0 Å². The molecule has 0 spiro atoms. The van der Waals surface area contributed by atoms with Gasteiger partial charge in [-0.1, -0.05) is 0 Å². The molecule has 1 aromatic rings. The first-order valence-corrected chi connectivity index (χ1v) is 4.87. The van der Waals surface area contributed by atoms with Crippen molar-refractivity contribution in [3.05, 3.63) is 29.1 Å². The minimum atomic E-state index is -4.55. The van der Waals surface area contributed by atoms with E-state index in [4.69, 9.17) is 5.11 Å². The van der Waals surface area contributed by atoms with Crippen LogP contribution in [-0.2, 0) is 22.3 Å². The maximum atomic E-state index is 12.4. The van der Waals surface area contributed by atoms with Crippen LogP contribution in [0.2, 0.25) is 0 Å². The normalized spacial score (nSPS) is 19.1. The maximum absolute atomic E-state index is 12.4. The number of rotatable bonds is 1. The molecule has 2 heterocycles. The lowest BCUT2D eigenvalue weighted by atomic mass is 9.94. The smallest absolute Gasteiger partial charge is 0.417 e. The number of carboxylic acid groups (broad SMARTS) is 1. The fourth-order valence-electron chi connectivity index (χ4n) is 1.72. The van der Waals surface area contributed by atoms with Crippen molar-refractivity contribution in [3.63, 3.8) is 0 Å². The van der Waals surface area contributed by atoms with E-state index < -0.39 is 29.5 Å². The lowest BCUT2D eigenvalue weighted by Gasteiger charge is -2.22. The first-order chi connectivity index (χ1) is 8.30. The Kier molecular flexibility index (Phi) is 2.72. The van der Waals surface area contributed by atoms with Gasteiger partial charge in [-0.25, -0.2) is 0 Å². The van der Waals surface area contributed by atoms with E-state index in [0.29, 0.717) is 6.20 Å². The van der Waals surface area contributed by atoms with E-state index in [1.807, 2.05) is 0 Å². The van der Waals surface area contributed by atoms with Crippen molar-refractivity contribution >= 4 is 11.9 Å². The maximum Gasteiger partial charge on any atom is 0.417 e. The highest BCUT2D eigenvalue weighted by Gasteiger charge is 2.38. The van der Waals surface area contributed by atoms with Gasteiger partial charge in [0.05, 0.1) is 11.3 Å². The van der Waals surface area contributed by atoms with Crippen LogP contribution >= 0.6 is 0 Å². The summed E-state index contributed by atoms with van der Waals surface area (Å²) in [6.07, 6.45) is -4.02. The standard InChI is InChI=1S/C10H7F3N2O3/c11-10(12,13)5-1-4-2-15-8(16)6(9(17)18)7(4)14-3-5/h1,3,6H,2H2,(H,15,16)(H,17,18).